The predicted octanol–water partition coefficient (Wildman–Crippen LogP) is 2.81. The van der Waals surface area contributed by atoms with Crippen LogP contribution in [0, 0.1) is 44.9 Å². The molecule has 0 amide bonds. The Morgan fingerprint density at radius 1 is 1.20 bits per heavy atom. The Kier molecular flexibility index (Phi) is 5.04. The summed E-state index contributed by atoms with van der Waals surface area (Å²) >= 11 is 0. The van der Waals surface area contributed by atoms with Gasteiger partial charge in [0.2, 0.25) is 0 Å². The van der Waals surface area contributed by atoms with Crippen LogP contribution < -0.4 is 0 Å². The van der Waals surface area contributed by atoms with E-state index >= 15 is 0 Å². The largest absolute Gasteiger partial charge is 0.468 e. The van der Waals surface area contributed by atoms with Gasteiger partial charge in [0.15, 0.2) is 11.7 Å². The zero-order valence-corrected chi connectivity index (χ0v) is 12.5. The van der Waals surface area contributed by atoms with E-state index in [4.69, 9.17) is 5.26 Å². The van der Waals surface area contributed by atoms with Crippen molar-refractivity contribution in [1.29, 1.82) is 5.26 Å². The van der Waals surface area contributed by atoms with Gasteiger partial charge in [0.25, 0.3) is 0 Å². The molecule has 0 aliphatic carbocycles. The van der Waals surface area contributed by atoms with Gasteiger partial charge in [-0.05, 0) is 49.9 Å². The number of ether oxygens (including phenoxy) is 1. The van der Waals surface area contributed by atoms with Gasteiger partial charge in [0.05, 0.1) is 13.2 Å². The Labute approximate surface area is 119 Å². The van der Waals surface area contributed by atoms with E-state index in [1.54, 1.807) is 0 Å². The first kappa shape index (κ1) is 15.9. The fourth-order valence-electron chi connectivity index (χ4n) is 2.25. The van der Waals surface area contributed by atoms with Crippen LogP contribution >= 0.6 is 0 Å². The lowest BCUT2D eigenvalue weighted by molar-refractivity contribution is -0.143. The number of nitrogens with zero attached hydrogens (tertiary/aromatic N) is 1. The minimum Gasteiger partial charge on any atom is -0.468 e. The number of carbonyl (C=O) groups is 2. The van der Waals surface area contributed by atoms with Crippen LogP contribution in [0.5, 0.6) is 0 Å². The van der Waals surface area contributed by atoms with E-state index in [9.17, 15) is 9.59 Å². The van der Waals surface area contributed by atoms with Gasteiger partial charge >= 0.3 is 5.97 Å². The first-order valence-corrected chi connectivity index (χ1v) is 6.41. The first-order valence-electron chi connectivity index (χ1n) is 6.41. The molecule has 0 aliphatic rings. The maximum absolute atomic E-state index is 12.4. The third-order valence-corrected chi connectivity index (χ3v) is 3.68. The minimum absolute atomic E-state index is 0.145. The highest BCUT2D eigenvalue weighted by Gasteiger charge is 2.25. The molecule has 1 rings (SSSR count). The van der Waals surface area contributed by atoms with E-state index in [0.717, 1.165) is 22.3 Å². The van der Waals surface area contributed by atoms with Crippen molar-refractivity contribution in [3.05, 3.63) is 33.9 Å². The quantitative estimate of drug-likeness (QED) is 0.625. The molecule has 0 radical (unpaired) electrons. The Morgan fingerprint density at radius 2 is 1.70 bits per heavy atom. The van der Waals surface area contributed by atoms with Crippen molar-refractivity contribution in [1.82, 2.24) is 0 Å². The van der Waals surface area contributed by atoms with Gasteiger partial charge < -0.3 is 4.74 Å². The number of aryl methyl sites for hydroxylation is 2. The fraction of sp³-hybridized carbons (Fsp3) is 0.438. The van der Waals surface area contributed by atoms with E-state index in [-0.39, 0.29) is 12.2 Å². The number of Topliss-reactive ketones (excluding diaryl/α,β-unsaturated/α-hetero) is 1. The van der Waals surface area contributed by atoms with Gasteiger partial charge in [-0.15, -0.1) is 0 Å². The summed E-state index contributed by atoms with van der Waals surface area (Å²) in [6.07, 6.45) is -0.145. The summed E-state index contributed by atoms with van der Waals surface area (Å²) < 4.78 is 4.53. The van der Waals surface area contributed by atoms with Crippen LogP contribution in [0.1, 0.15) is 39.0 Å². The molecular weight excluding hydrogens is 254 g/mol. The molecule has 4 nitrogen and oxygen atoms in total. The number of hydrogen-bond acceptors (Lipinski definition) is 4. The van der Waals surface area contributed by atoms with Crippen LogP contribution in [0.3, 0.4) is 0 Å². The number of nitriles is 1. The number of hydrogen-bond donors (Lipinski definition) is 0. The lowest BCUT2D eigenvalue weighted by atomic mass is 9.88. The van der Waals surface area contributed by atoms with Crippen molar-refractivity contribution < 1.29 is 14.3 Å². The van der Waals surface area contributed by atoms with Crippen molar-refractivity contribution in [3.8, 4) is 6.07 Å². The number of rotatable bonds is 4. The van der Waals surface area contributed by atoms with Crippen LogP contribution in [0.4, 0.5) is 0 Å². The molecule has 0 aromatic heterocycles. The average Bonchev–Trinajstić information content (AvgIpc) is 2.42. The average molecular weight is 273 g/mol. The van der Waals surface area contributed by atoms with Crippen molar-refractivity contribution in [2.24, 2.45) is 5.92 Å². The first-order chi connectivity index (χ1) is 9.33. The third kappa shape index (κ3) is 3.05. The molecule has 1 atom stereocenters. The summed E-state index contributed by atoms with van der Waals surface area (Å²) in [5, 5.41) is 8.97. The lowest BCUT2D eigenvalue weighted by Crippen LogP contribution is -2.19. The summed E-state index contributed by atoms with van der Waals surface area (Å²) in [5.74, 6) is -1.91. The lowest BCUT2D eigenvalue weighted by Gasteiger charge is -2.15. The topological polar surface area (TPSA) is 67.2 Å². The summed E-state index contributed by atoms with van der Waals surface area (Å²) in [6, 6.07) is 3.86. The van der Waals surface area contributed by atoms with Gasteiger partial charge in [-0.1, -0.05) is 6.07 Å². The van der Waals surface area contributed by atoms with E-state index in [2.05, 4.69) is 4.74 Å². The Morgan fingerprint density at radius 3 is 2.10 bits per heavy atom. The molecule has 0 spiro atoms. The van der Waals surface area contributed by atoms with Crippen molar-refractivity contribution in [2.75, 3.05) is 7.11 Å². The molecule has 4 heteroatoms. The Balaban J connectivity index is 3.17. The molecule has 1 aromatic rings. The van der Waals surface area contributed by atoms with Gasteiger partial charge in [0, 0.05) is 12.0 Å². The van der Waals surface area contributed by atoms with E-state index in [1.165, 1.54) is 7.11 Å². The SMILES string of the molecule is COC(=O)C(C#N)CC(=O)c1c(C)c(C)cc(C)c1C. The molecule has 1 unspecified atom stereocenters. The molecule has 0 saturated carbocycles. The Hall–Kier alpha value is -2.15. The van der Waals surface area contributed by atoms with Crippen molar-refractivity contribution >= 4 is 11.8 Å². The second-order valence-electron chi connectivity index (χ2n) is 4.97. The fourth-order valence-corrected chi connectivity index (χ4v) is 2.25. The molecule has 0 fully saturated rings. The van der Waals surface area contributed by atoms with Crippen LogP contribution in [0.2, 0.25) is 0 Å². The van der Waals surface area contributed by atoms with Gasteiger partial charge in [0.1, 0.15) is 0 Å². The molecule has 1 aromatic carbocycles. The van der Waals surface area contributed by atoms with Crippen LogP contribution in [-0.2, 0) is 9.53 Å². The summed E-state index contributed by atoms with van der Waals surface area (Å²) in [7, 11) is 1.21. The number of benzene rings is 1. The van der Waals surface area contributed by atoms with Crippen LogP contribution in [0.25, 0.3) is 0 Å². The minimum atomic E-state index is -1.05. The summed E-state index contributed by atoms with van der Waals surface area (Å²) in [6.45, 7) is 7.66. The van der Waals surface area contributed by atoms with Gasteiger partial charge in [-0.25, -0.2) is 0 Å². The summed E-state index contributed by atoms with van der Waals surface area (Å²) in [4.78, 5) is 23.8. The molecule has 0 heterocycles. The van der Waals surface area contributed by atoms with E-state index in [0.29, 0.717) is 5.56 Å². The molecule has 106 valence electrons. The smallest absolute Gasteiger partial charge is 0.323 e. The third-order valence-electron chi connectivity index (χ3n) is 3.68. The number of esters is 1. The van der Waals surface area contributed by atoms with Crippen LogP contribution in [0.15, 0.2) is 6.07 Å². The maximum Gasteiger partial charge on any atom is 0.323 e. The monoisotopic (exact) mass is 273 g/mol. The Bertz CT molecular complexity index is 570. The second kappa shape index (κ2) is 6.33. The molecular formula is C16H19NO3. The number of methoxy groups -OCH3 is 1. The van der Waals surface area contributed by atoms with Gasteiger partial charge in [-0.3, -0.25) is 9.59 Å². The van der Waals surface area contributed by atoms with Crippen molar-refractivity contribution in [2.45, 2.75) is 34.1 Å². The molecule has 0 saturated heterocycles. The second-order valence-corrected chi connectivity index (χ2v) is 4.97. The predicted molar refractivity (Wildman–Crippen MR) is 75.5 cm³/mol. The van der Waals surface area contributed by atoms with Gasteiger partial charge in [-0.2, -0.15) is 5.26 Å². The normalized spacial score (nSPS) is 11.6. The number of carbonyl (C=O) groups excluding carboxylic acids is 2. The summed E-state index contributed by atoms with van der Waals surface area (Å²) in [5.41, 5.74) is 4.48. The molecule has 0 bridgehead atoms. The zero-order chi connectivity index (χ0) is 15.4. The van der Waals surface area contributed by atoms with Crippen LogP contribution in [-0.4, -0.2) is 18.9 Å². The standard InChI is InChI=1S/C16H19NO3/c1-9-6-10(2)12(4)15(11(9)3)14(18)7-13(8-17)16(19)20-5/h6,13H,7H2,1-5H3. The van der Waals surface area contributed by atoms with E-state index < -0.39 is 11.9 Å². The molecule has 0 N–H and O–H groups in total. The van der Waals surface area contributed by atoms with E-state index in [1.807, 2.05) is 39.8 Å². The maximum atomic E-state index is 12.4. The highest BCUT2D eigenvalue weighted by Crippen LogP contribution is 2.24. The highest BCUT2D eigenvalue weighted by atomic mass is 16.5. The zero-order valence-electron chi connectivity index (χ0n) is 12.5. The number of ketones is 1. The molecule has 0 aliphatic heterocycles. The van der Waals surface area contributed by atoms with Crippen molar-refractivity contribution in [3.63, 3.8) is 0 Å². The molecule has 20 heavy (non-hydrogen) atoms. The highest BCUT2D eigenvalue weighted by molar-refractivity contribution is 6.01.